The van der Waals surface area contributed by atoms with Crippen molar-refractivity contribution in [2.45, 2.75) is 19.6 Å². The molecule has 6 heteroatoms. The fraction of sp³-hybridized carbons (Fsp3) is 0.273. The summed E-state index contributed by atoms with van der Waals surface area (Å²) in [7, 11) is 0. The van der Waals surface area contributed by atoms with Crippen molar-refractivity contribution in [1.29, 1.82) is 0 Å². The van der Waals surface area contributed by atoms with Gasteiger partial charge in [-0.2, -0.15) is 13.2 Å². The van der Waals surface area contributed by atoms with E-state index >= 15 is 0 Å². The van der Waals surface area contributed by atoms with Crippen LogP contribution in [0.2, 0.25) is 0 Å². The monoisotopic (exact) mass is 242 g/mol. The molecule has 0 aliphatic heterocycles. The summed E-state index contributed by atoms with van der Waals surface area (Å²) >= 11 is 0. The summed E-state index contributed by atoms with van der Waals surface area (Å²) in [4.78, 5) is 15.2. The van der Waals surface area contributed by atoms with E-state index in [2.05, 4.69) is 4.98 Å². The first-order chi connectivity index (χ1) is 7.93. The van der Waals surface area contributed by atoms with Gasteiger partial charge in [0.25, 0.3) is 5.56 Å². The zero-order valence-electron chi connectivity index (χ0n) is 8.95. The van der Waals surface area contributed by atoms with Gasteiger partial charge in [0, 0.05) is 18.8 Å². The molecule has 0 radical (unpaired) electrons. The molecule has 0 N–H and O–H groups in total. The van der Waals surface area contributed by atoms with Crippen LogP contribution in [0.25, 0.3) is 11.0 Å². The van der Waals surface area contributed by atoms with Crippen LogP contribution in [0.4, 0.5) is 13.2 Å². The van der Waals surface area contributed by atoms with Gasteiger partial charge in [0.15, 0.2) is 0 Å². The quantitative estimate of drug-likeness (QED) is 0.769. The molecule has 0 aliphatic carbocycles. The van der Waals surface area contributed by atoms with E-state index in [-0.39, 0.29) is 11.1 Å². The minimum atomic E-state index is -4.45. The van der Waals surface area contributed by atoms with Crippen molar-refractivity contribution in [2.24, 2.45) is 0 Å². The second-order valence-electron chi connectivity index (χ2n) is 3.54. The van der Waals surface area contributed by atoms with Gasteiger partial charge in [-0.15, -0.1) is 0 Å². The largest absolute Gasteiger partial charge is 0.417 e. The lowest BCUT2D eigenvalue weighted by Crippen LogP contribution is -2.19. The molecule has 0 saturated carbocycles. The predicted molar refractivity (Wildman–Crippen MR) is 56.7 cm³/mol. The Hall–Kier alpha value is -1.85. The molecule has 3 nitrogen and oxygen atoms in total. The second kappa shape index (κ2) is 3.87. The standard InChI is InChI=1S/C11H9F3N2O/c1-2-16-9-5-7(11(12,13)14)6-15-8(9)3-4-10(16)17/h3-6H,2H2,1H3. The third-order valence-corrected chi connectivity index (χ3v) is 2.48. The third-order valence-electron chi connectivity index (χ3n) is 2.48. The maximum atomic E-state index is 12.5. The van der Waals surface area contributed by atoms with E-state index in [0.717, 1.165) is 12.3 Å². The van der Waals surface area contributed by atoms with Crippen LogP contribution in [-0.4, -0.2) is 9.55 Å². The molecule has 0 spiro atoms. The SMILES string of the molecule is CCn1c(=O)ccc2ncc(C(F)(F)F)cc21. The molecule has 0 fully saturated rings. The van der Waals surface area contributed by atoms with Crippen LogP contribution in [0.5, 0.6) is 0 Å². The fourth-order valence-corrected chi connectivity index (χ4v) is 1.65. The molecule has 0 saturated heterocycles. The molecule has 0 amide bonds. The van der Waals surface area contributed by atoms with E-state index in [0.29, 0.717) is 12.1 Å². The first-order valence-corrected chi connectivity index (χ1v) is 5.00. The zero-order chi connectivity index (χ0) is 12.6. The highest BCUT2D eigenvalue weighted by Crippen LogP contribution is 2.29. The number of aryl methyl sites for hydroxylation is 1. The molecule has 0 aliphatic rings. The van der Waals surface area contributed by atoms with E-state index < -0.39 is 11.7 Å². The van der Waals surface area contributed by atoms with Crippen LogP contribution in [0, 0.1) is 0 Å². The zero-order valence-corrected chi connectivity index (χ0v) is 8.95. The van der Waals surface area contributed by atoms with Crippen LogP contribution in [-0.2, 0) is 12.7 Å². The van der Waals surface area contributed by atoms with Gasteiger partial charge in [-0.25, -0.2) is 0 Å². The average Bonchev–Trinajstić information content (AvgIpc) is 2.27. The second-order valence-corrected chi connectivity index (χ2v) is 3.54. The molecule has 0 bridgehead atoms. The highest BCUT2D eigenvalue weighted by atomic mass is 19.4. The van der Waals surface area contributed by atoms with Gasteiger partial charge in [-0.3, -0.25) is 9.78 Å². The topological polar surface area (TPSA) is 34.9 Å². The van der Waals surface area contributed by atoms with Gasteiger partial charge >= 0.3 is 6.18 Å². The first-order valence-electron chi connectivity index (χ1n) is 5.00. The Bertz CT molecular complexity index is 616. The number of hydrogen-bond donors (Lipinski definition) is 0. The lowest BCUT2D eigenvalue weighted by Gasteiger charge is -2.10. The normalized spacial score (nSPS) is 12.0. The van der Waals surface area contributed by atoms with Crippen LogP contribution in [0.3, 0.4) is 0 Å². The minimum absolute atomic E-state index is 0.204. The summed E-state index contributed by atoms with van der Waals surface area (Å²) in [5.74, 6) is 0. The average molecular weight is 242 g/mol. The Labute approximate surface area is 94.5 Å². The van der Waals surface area contributed by atoms with Crippen molar-refractivity contribution >= 4 is 11.0 Å². The van der Waals surface area contributed by atoms with E-state index in [1.807, 2.05) is 0 Å². The summed E-state index contributed by atoms with van der Waals surface area (Å²) in [6, 6.07) is 3.67. The Morgan fingerprint density at radius 3 is 2.65 bits per heavy atom. The molecular formula is C11H9F3N2O. The number of fused-ring (bicyclic) bond motifs is 1. The maximum Gasteiger partial charge on any atom is 0.417 e. The summed E-state index contributed by atoms with van der Waals surface area (Å²) < 4.78 is 38.8. The van der Waals surface area contributed by atoms with Crippen LogP contribution in [0.1, 0.15) is 12.5 Å². The van der Waals surface area contributed by atoms with Crippen molar-refractivity contribution in [3.63, 3.8) is 0 Å². The van der Waals surface area contributed by atoms with Crippen molar-refractivity contribution in [3.05, 3.63) is 40.3 Å². The van der Waals surface area contributed by atoms with Gasteiger partial charge < -0.3 is 4.57 Å². The number of nitrogens with zero attached hydrogens (tertiary/aromatic N) is 2. The molecule has 90 valence electrons. The number of alkyl halides is 3. The Balaban J connectivity index is 2.79. The fourth-order valence-electron chi connectivity index (χ4n) is 1.65. The number of pyridine rings is 2. The van der Waals surface area contributed by atoms with Gasteiger partial charge in [-0.1, -0.05) is 0 Å². The van der Waals surface area contributed by atoms with Crippen molar-refractivity contribution in [1.82, 2.24) is 9.55 Å². The van der Waals surface area contributed by atoms with Crippen LogP contribution < -0.4 is 5.56 Å². The Morgan fingerprint density at radius 1 is 1.35 bits per heavy atom. The summed E-state index contributed by atoms with van der Waals surface area (Å²) in [6.07, 6.45) is -3.68. The molecule has 0 aromatic carbocycles. The molecule has 0 atom stereocenters. The number of aromatic nitrogens is 2. The van der Waals surface area contributed by atoms with E-state index in [1.54, 1.807) is 6.92 Å². The summed E-state index contributed by atoms with van der Waals surface area (Å²) in [5, 5.41) is 0. The third kappa shape index (κ3) is 2.02. The van der Waals surface area contributed by atoms with Crippen LogP contribution in [0.15, 0.2) is 29.2 Å². The van der Waals surface area contributed by atoms with Crippen molar-refractivity contribution in [3.8, 4) is 0 Å². The van der Waals surface area contributed by atoms with Crippen molar-refractivity contribution < 1.29 is 13.2 Å². The highest BCUT2D eigenvalue weighted by Gasteiger charge is 2.31. The van der Waals surface area contributed by atoms with Gasteiger partial charge in [0.1, 0.15) is 0 Å². The van der Waals surface area contributed by atoms with E-state index in [4.69, 9.17) is 0 Å². The van der Waals surface area contributed by atoms with Crippen LogP contribution >= 0.6 is 0 Å². The molecule has 0 unspecified atom stereocenters. The van der Waals surface area contributed by atoms with Crippen molar-refractivity contribution in [2.75, 3.05) is 0 Å². The minimum Gasteiger partial charge on any atom is -0.307 e. The number of rotatable bonds is 1. The Kier molecular flexibility index (Phi) is 2.65. The lowest BCUT2D eigenvalue weighted by atomic mass is 10.2. The number of halogens is 3. The molecular weight excluding hydrogens is 233 g/mol. The smallest absolute Gasteiger partial charge is 0.307 e. The predicted octanol–water partition coefficient (Wildman–Crippen LogP) is 2.44. The molecule has 17 heavy (non-hydrogen) atoms. The highest BCUT2D eigenvalue weighted by molar-refractivity contribution is 5.75. The van der Waals surface area contributed by atoms with Gasteiger partial charge in [0.05, 0.1) is 16.6 Å². The Morgan fingerprint density at radius 2 is 2.06 bits per heavy atom. The van der Waals surface area contributed by atoms with Gasteiger partial charge in [-0.05, 0) is 19.1 Å². The van der Waals surface area contributed by atoms with E-state index in [9.17, 15) is 18.0 Å². The summed E-state index contributed by atoms with van der Waals surface area (Å²) in [5.41, 5.74) is -0.604. The molecule has 2 aromatic heterocycles. The van der Waals surface area contributed by atoms with E-state index in [1.165, 1.54) is 16.7 Å². The molecule has 2 heterocycles. The lowest BCUT2D eigenvalue weighted by molar-refractivity contribution is -0.137. The maximum absolute atomic E-state index is 12.5. The molecule has 2 aromatic rings. The summed E-state index contributed by atoms with van der Waals surface area (Å²) in [6.45, 7) is 2.00. The number of hydrogen-bond acceptors (Lipinski definition) is 2. The molecule has 2 rings (SSSR count). The van der Waals surface area contributed by atoms with Gasteiger partial charge in [0.2, 0.25) is 0 Å². The first kappa shape index (κ1) is 11.6.